The normalized spacial score (nSPS) is 27.0. The number of rotatable bonds is 1. The SMILES string of the molecule is O=C1c2ccccc2CC[C@]12N=NC[C@H]2c1ccccc1. The van der Waals surface area contributed by atoms with E-state index >= 15 is 0 Å². The van der Waals surface area contributed by atoms with E-state index in [4.69, 9.17) is 0 Å². The lowest BCUT2D eigenvalue weighted by molar-refractivity contribution is 0.0853. The predicted octanol–water partition coefficient (Wildman–Crippen LogP) is 3.80. The number of fused-ring (bicyclic) bond motifs is 1. The molecule has 0 radical (unpaired) electrons. The van der Waals surface area contributed by atoms with E-state index in [1.54, 1.807) is 0 Å². The predicted molar refractivity (Wildman–Crippen MR) is 80.7 cm³/mol. The van der Waals surface area contributed by atoms with Crippen LogP contribution in [0.5, 0.6) is 0 Å². The molecule has 0 saturated heterocycles. The molecule has 4 rings (SSSR count). The van der Waals surface area contributed by atoms with Gasteiger partial charge in [-0.3, -0.25) is 4.79 Å². The fraction of sp³-hybridized carbons (Fsp3) is 0.278. The highest BCUT2D eigenvalue weighted by Crippen LogP contribution is 2.45. The van der Waals surface area contributed by atoms with E-state index in [9.17, 15) is 4.79 Å². The van der Waals surface area contributed by atoms with Gasteiger partial charge in [0.15, 0.2) is 11.3 Å². The van der Waals surface area contributed by atoms with E-state index in [2.05, 4.69) is 22.4 Å². The molecule has 0 saturated carbocycles. The number of aryl methyl sites for hydroxylation is 1. The first-order valence-electron chi connectivity index (χ1n) is 7.37. The molecule has 0 aromatic heterocycles. The Balaban J connectivity index is 1.81. The van der Waals surface area contributed by atoms with E-state index < -0.39 is 5.54 Å². The van der Waals surface area contributed by atoms with Crippen LogP contribution in [0.15, 0.2) is 64.8 Å². The van der Waals surface area contributed by atoms with E-state index in [0.717, 1.165) is 29.5 Å². The Hall–Kier alpha value is -2.29. The number of carbonyl (C=O) groups is 1. The summed E-state index contributed by atoms with van der Waals surface area (Å²) in [6.07, 6.45) is 1.65. The summed E-state index contributed by atoms with van der Waals surface area (Å²) in [6, 6.07) is 18.1. The standard InChI is InChI=1S/C18H16N2O/c21-17-15-9-5-4-6-13(15)10-11-18(17)16(12-19-20-18)14-7-2-1-3-8-14/h1-9,16H,10-12H2/t16-,18+/m0/s1. The maximum Gasteiger partial charge on any atom is 0.193 e. The maximum absolute atomic E-state index is 13.1. The van der Waals surface area contributed by atoms with Crippen LogP contribution >= 0.6 is 0 Å². The van der Waals surface area contributed by atoms with Gasteiger partial charge in [0.2, 0.25) is 0 Å². The highest BCUT2D eigenvalue weighted by molar-refractivity contribution is 6.06. The molecular weight excluding hydrogens is 260 g/mol. The molecule has 0 bridgehead atoms. The van der Waals surface area contributed by atoms with E-state index in [0.29, 0.717) is 6.54 Å². The molecule has 1 heterocycles. The molecule has 104 valence electrons. The number of hydrogen-bond acceptors (Lipinski definition) is 3. The molecular formula is C18H16N2O. The van der Waals surface area contributed by atoms with Crippen molar-refractivity contribution in [2.75, 3.05) is 6.54 Å². The number of carbonyl (C=O) groups excluding carboxylic acids is 1. The van der Waals surface area contributed by atoms with Crippen molar-refractivity contribution < 1.29 is 4.79 Å². The second-order valence-electron chi connectivity index (χ2n) is 5.80. The number of ketones is 1. The molecule has 3 nitrogen and oxygen atoms in total. The van der Waals surface area contributed by atoms with Gasteiger partial charge in [0.05, 0.1) is 6.54 Å². The first-order chi connectivity index (χ1) is 10.3. The van der Waals surface area contributed by atoms with Gasteiger partial charge in [-0.25, -0.2) is 0 Å². The van der Waals surface area contributed by atoms with E-state index in [1.165, 1.54) is 0 Å². The molecule has 0 fully saturated rings. The lowest BCUT2D eigenvalue weighted by Crippen LogP contribution is -2.44. The Labute approximate surface area is 123 Å². The van der Waals surface area contributed by atoms with Crippen molar-refractivity contribution in [3.63, 3.8) is 0 Å². The molecule has 1 spiro atoms. The summed E-state index contributed by atoms with van der Waals surface area (Å²) in [5.74, 6) is 0.207. The molecule has 2 aromatic rings. The molecule has 0 amide bonds. The quantitative estimate of drug-likeness (QED) is 0.781. The van der Waals surface area contributed by atoms with Gasteiger partial charge in [-0.1, -0.05) is 54.6 Å². The lowest BCUT2D eigenvalue weighted by Gasteiger charge is -2.34. The van der Waals surface area contributed by atoms with Crippen molar-refractivity contribution in [3.05, 3.63) is 71.3 Å². The summed E-state index contributed by atoms with van der Waals surface area (Å²) >= 11 is 0. The first kappa shape index (κ1) is 12.5. The third-order valence-electron chi connectivity index (χ3n) is 4.72. The largest absolute Gasteiger partial charge is 0.291 e. The zero-order valence-electron chi connectivity index (χ0n) is 11.7. The monoisotopic (exact) mass is 276 g/mol. The topological polar surface area (TPSA) is 41.8 Å². The lowest BCUT2D eigenvalue weighted by atomic mass is 9.68. The van der Waals surface area contributed by atoms with Gasteiger partial charge >= 0.3 is 0 Å². The average molecular weight is 276 g/mol. The molecule has 0 unspecified atom stereocenters. The van der Waals surface area contributed by atoms with Gasteiger partial charge in [-0.2, -0.15) is 10.2 Å². The van der Waals surface area contributed by atoms with Crippen LogP contribution in [0.2, 0.25) is 0 Å². The van der Waals surface area contributed by atoms with E-state index in [1.807, 2.05) is 42.5 Å². The summed E-state index contributed by atoms with van der Waals surface area (Å²) in [5.41, 5.74) is 2.44. The molecule has 21 heavy (non-hydrogen) atoms. The zero-order chi connectivity index (χ0) is 14.3. The zero-order valence-corrected chi connectivity index (χ0v) is 11.7. The summed E-state index contributed by atoms with van der Waals surface area (Å²) < 4.78 is 0. The van der Waals surface area contributed by atoms with Gasteiger partial charge in [-0.15, -0.1) is 0 Å². The number of nitrogens with zero attached hydrogens (tertiary/aromatic N) is 2. The summed E-state index contributed by atoms with van der Waals surface area (Å²) in [7, 11) is 0. The van der Waals surface area contributed by atoms with Crippen LogP contribution in [0.1, 0.15) is 33.8 Å². The molecule has 2 aromatic carbocycles. The Kier molecular flexibility index (Phi) is 2.74. The molecule has 3 heteroatoms. The molecule has 2 atom stereocenters. The maximum atomic E-state index is 13.1. The highest BCUT2D eigenvalue weighted by Gasteiger charge is 2.51. The molecule has 0 N–H and O–H groups in total. The van der Waals surface area contributed by atoms with E-state index in [-0.39, 0.29) is 11.7 Å². The first-order valence-corrected chi connectivity index (χ1v) is 7.37. The van der Waals surface area contributed by atoms with Gasteiger partial charge in [0, 0.05) is 11.5 Å². The Morgan fingerprint density at radius 3 is 2.62 bits per heavy atom. The third kappa shape index (κ3) is 1.77. The molecule has 1 aliphatic carbocycles. The Bertz CT molecular complexity index is 723. The Morgan fingerprint density at radius 1 is 1.00 bits per heavy atom. The fourth-order valence-corrected chi connectivity index (χ4v) is 3.60. The minimum absolute atomic E-state index is 0.0690. The summed E-state index contributed by atoms with van der Waals surface area (Å²) in [6.45, 7) is 0.609. The second kappa shape index (κ2) is 4.62. The van der Waals surface area contributed by atoms with Crippen LogP contribution in [0.3, 0.4) is 0 Å². The smallest absolute Gasteiger partial charge is 0.193 e. The van der Waals surface area contributed by atoms with Crippen molar-refractivity contribution in [1.29, 1.82) is 0 Å². The molecule has 2 aliphatic rings. The van der Waals surface area contributed by atoms with Gasteiger partial charge < -0.3 is 0 Å². The summed E-state index contributed by atoms with van der Waals surface area (Å²) in [4.78, 5) is 13.1. The van der Waals surface area contributed by atoms with Crippen molar-refractivity contribution in [2.45, 2.75) is 24.3 Å². The van der Waals surface area contributed by atoms with Crippen LogP contribution in [0.4, 0.5) is 0 Å². The van der Waals surface area contributed by atoms with Crippen LogP contribution in [-0.4, -0.2) is 17.9 Å². The number of benzene rings is 2. The number of hydrogen-bond donors (Lipinski definition) is 0. The summed E-state index contributed by atoms with van der Waals surface area (Å²) in [5, 5.41) is 8.69. The molecule has 1 aliphatic heterocycles. The second-order valence-corrected chi connectivity index (χ2v) is 5.80. The third-order valence-corrected chi connectivity index (χ3v) is 4.72. The van der Waals surface area contributed by atoms with Gasteiger partial charge in [0.1, 0.15) is 0 Å². The van der Waals surface area contributed by atoms with Gasteiger partial charge in [0.25, 0.3) is 0 Å². The highest BCUT2D eigenvalue weighted by atomic mass is 16.1. The van der Waals surface area contributed by atoms with Crippen molar-refractivity contribution in [3.8, 4) is 0 Å². The minimum Gasteiger partial charge on any atom is -0.291 e. The van der Waals surface area contributed by atoms with Crippen LogP contribution in [-0.2, 0) is 6.42 Å². The van der Waals surface area contributed by atoms with Crippen LogP contribution in [0, 0.1) is 0 Å². The Morgan fingerprint density at radius 2 is 1.76 bits per heavy atom. The fourth-order valence-electron chi connectivity index (χ4n) is 3.60. The van der Waals surface area contributed by atoms with Crippen molar-refractivity contribution in [1.82, 2.24) is 0 Å². The average Bonchev–Trinajstić information content (AvgIpc) is 2.97. The van der Waals surface area contributed by atoms with Crippen molar-refractivity contribution >= 4 is 5.78 Å². The number of azo groups is 1. The minimum atomic E-state index is -0.685. The van der Waals surface area contributed by atoms with Crippen LogP contribution < -0.4 is 0 Å². The van der Waals surface area contributed by atoms with Gasteiger partial charge in [-0.05, 0) is 24.0 Å². The number of Topliss-reactive ketones (excluding diaryl/α,β-unsaturated/α-hetero) is 1. The van der Waals surface area contributed by atoms with Crippen LogP contribution in [0.25, 0.3) is 0 Å². The van der Waals surface area contributed by atoms with Crippen molar-refractivity contribution in [2.24, 2.45) is 10.2 Å².